The average molecular weight is 509 g/mol. The Kier molecular flexibility index (Phi) is 7.27. The van der Waals surface area contributed by atoms with Gasteiger partial charge in [-0.15, -0.1) is 0 Å². The average Bonchev–Trinajstić information content (AvgIpc) is 2.58. The van der Waals surface area contributed by atoms with Gasteiger partial charge in [-0.2, -0.15) is 4.72 Å². The fraction of sp³-hybridized carbons (Fsp3) is 0.235. The highest BCUT2D eigenvalue weighted by molar-refractivity contribution is 14.1. The predicted molar refractivity (Wildman–Crippen MR) is 110 cm³/mol. The van der Waals surface area contributed by atoms with E-state index in [4.69, 9.17) is 16.3 Å². The first-order valence-corrected chi connectivity index (χ1v) is 10.7. The van der Waals surface area contributed by atoms with Crippen LogP contribution in [0.5, 0.6) is 5.75 Å². The van der Waals surface area contributed by atoms with Gasteiger partial charge in [-0.25, -0.2) is 8.42 Å². The van der Waals surface area contributed by atoms with Crippen molar-refractivity contribution in [2.75, 3.05) is 11.9 Å². The van der Waals surface area contributed by atoms with Crippen LogP contribution in [0.15, 0.2) is 47.4 Å². The Balaban J connectivity index is 2.08. The minimum Gasteiger partial charge on any atom is -0.492 e. The van der Waals surface area contributed by atoms with Gasteiger partial charge in [0.1, 0.15) is 5.75 Å². The van der Waals surface area contributed by atoms with Gasteiger partial charge < -0.3 is 10.1 Å². The van der Waals surface area contributed by atoms with Gasteiger partial charge in [-0.3, -0.25) is 4.79 Å². The second-order valence-corrected chi connectivity index (χ2v) is 8.73. The van der Waals surface area contributed by atoms with Crippen molar-refractivity contribution in [3.63, 3.8) is 0 Å². The van der Waals surface area contributed by atoms with Crippen LogP contribution in [0.2, 0.25) is 5.02 Å². The summed E-state index contributed by atoms with van der Waals surface area (Å²) in [5.41, 5.74) is 0.588. The van der Waals surface area contributed by atoms with Crippen molar-refractivity contribution in [3.05, 3.63) is 51.1 Å². The van der Waals surface area contributed by atoms with E-state index >= 15 is 0 Å². The van der Waals surface area contributed by atoms with Gasteiger partial charge in [0.25, 0.3) is 0 Å². The van der Waals surface area contributed by atoms with E-state index in [1.165, 1.54) is 25.1 Å². The number of amides is 1. The van der Waals surface area contributed by atoms with E-state index in [-0.39, 0.29) is 9.92 Å². The van der Waals surface area contributed by atoms with Crippen LogP contribution in [0.3, 0.4) is 0 Å². The summed E-state index contributed by atoms with van der Waals surface area (Å²) in [6.07, 6.45) is 0. The van der Waals surface area contributed by atoms with Crippen LogP contribution >= 0.6 is 34.2 Å². The molecule has 6 nitrogen and oxygen atoms in total. The van der Waals surface area contributed by atoms with Gasteiger partial charge in [0.15, 0.2) is 0 Å². The molecule has 0 aliphatic heterocycles. The van der Waals surface area contributed by atoms with E-state index in [9.17, 15) is 13.2 Å². The smallest absolute Gasteiger partial charge is 0.242 e. The summed E-state index contributed by atoms with van der Waals surface area (Å²) >= 11 is 8.19. The van der Waals surface area contributed by atoms with Gasteiger partial charge in [-0.05, 0) is 78.9 Å². The SMILES string of the molecule is CCOc1ccc(S(=O)(=O)N[C@H](C)C(=O)Nc2ccc(I)cc2)cc1Cl. The lowest BCUT2D eigenvalue weighted by atomic mass is 10.3. The number of carbonyl (C=O) groups excluding carboxylic acids is 1. The molecule has 1 amide bonds. The highest BCUT2D eigenvalue weighted by Gasteiger charge is 2.23. The van der Waals surface area contributed by atoms with Crippen molar-refractivity contribution in [1.82, 2.24) is 4.72 Å². The number of halogens is 2. The van der Waals surface area contributed by atoms with Crippen molar-refractivity contribution in [3.8, 4) is 5.75 Å². The molecule has 0 spiro atoms. The highest BCUT2D eigenvalue weighted by Crippen LogP contribution is 2.27. The van der Waals surface area contributed by atoms with Crippen molar-refractivity contribution < 1.29 is 17.9 Å². The van der Waals surface area contributed by atoms with Crippen molar-refractivity contribution >= 4 is 55.8 Å². The molecule has 0 bridgehead atoms. The van der Waals surface area contributed by atoms with Crippen molar-refractivity contribution in [2.24, 2.45) is 0 Å². The highest BCUT2D eigenvalue weighted by atomic mass is 127. The maximum Gasteiger partial charge on any atom is 0.242 e. The molecule has 140 valence electrons. The second kappa shape index (κ2) is 9.03. The first-order chi connectivity index (χ1) is 12.2. The molecule has 2 rings (SSSR count). The first kappa shape index (κ1) is 20.9. The molecule has 0 fully saturated rings. The van der Waals surface area contributed by atoms with Crippen LogP contribution in [-0.4, -0.2) is 27.0 Å². The van der Waals surface area contributed by atoms with Crippen molar-refractivity contribution in [2.45, 2.75) is 24.8 Å². The van der Waals surface area contributed by atoms with Gasteiger partial charge >= 0.3 is 0 Å². The van der Waals surface area contributed by atoms with Crippen LogP contribution in [0.4, 0.5) is 5.69 Å². The number of rotatable bonds is 7. The summed E-state index contributed by atoms with van der Waals surface area (Å²) < 4.78 is 33.6. The monoisotopic (exact) mass is 508 g/mol. The van der Waals surface area contributed by atoms with E-state index < -0.39 is 22.0 Å². The Morgan fingerprint density at radius 3 is 2.46 bits per heavy atom. The summed E-state index contributed by atoms with van der Waals surface area (Å²) in [6, 6.07) is 10.3. The predicted octanol–water partition coefficient (Wildman–Crippen LogP) is 3.65. The molecule has 26 heavy (non-hydrogen) atoms. The molecule has 2 aromatic carbocycles. The summed E-state index contributed by atoms with van der Waals surface area (Å²) in [5.74, 6) is -0.0653. The Bertz CT molecular complexity index is 888. The lowest BCUT2D eigenvalue weighted by molar-refractivity contribution is -0.117. The number of sulfonamides is 1. The van der Waals surface area contributed by atoms with Crippen LogP contribution in [0.25, 0.3) is 0 Å². The minimum absolute atomic E-state index is 0.0418. The largest absolute Gasteiger partial charge is 0.492 e. The Labute approximate surface area is 171 Å². The Morgan fingerprint density at radius 2 is 1.88 bits per heavy atom. The van der Waals surface area contributed by atoms with Crippen molar-refractivity contribution in [1.29, 1.82) is 0 Å². The molecule has 9 heteroatoms. The van der Waals surface area contributed by atoms with E-state index in [0.717, 1.165) is 3.57 Å². The number of carbonyl (C=O) groups is 1. The molecule has 0 aliphatic carbocycles. The lowest BCUT2D eigenvalue weighted by Crippen LogP contribution is -2.41. The summed E-state index contributed by atoms with van der Waals surface area (Å²) in [6.45, 7) is 3.69. The first-order valence-electron chi connectivity index (χ1n) is 7.74. The number of ether oxygens (including phenoxy) is 1. The number of benzene rings is 2. The van der Waals surface area contributed by atoms with E-state index in [1.807, 2.05) is 12.1 Å². The van der Waals surface area contributed by atoms with Crippen LogP contribution in [0, 0.1) is 3.57 Å². The molecule has 0 saturated carbocycles. The number of hydrogen-bond donors (Lipinski definition) is 2. The molecule has 0 aromatic heterocycles. The van der Waals surface area contributed by atoms with E-state index in [2.05, 4.69) is 32.6 Å². The molecule has 2 aromatic rings. The molecule has 0 heterocycles. The topological polar surface area (TPSA) is 84.5 Å². The summed E-state index contributed by atoms with van der Waals surface area (Å²) in [4.78, 5) is 12.2. The number of anilines is 1. The zero-order valence-electron chi connectivity index (χ0n) is 14.1. The third kappa shape index (κ3) is 5.57. The Hall–Kier alpha value is -1.36. The Morgan fingerprint density at radius 1 is 1.23 bits per heavy atom. The fourth-order valence-corrected chi connectivity index (χ4v) is 3.95. The quantitative estimate of drug-likeness (QED) is 0.559. The third-order valence-electron chi connectivity index (χ3n) is 3.35. The van der Waals surface area contributed by atoms with E-state index in [1.54, 1.807) is 19.1 Å². The molecular weight excluding hydrogens is 491 g/mol. The maximum atomic E-state index is 12.5. The van der Waals surface area contributed by atoms with Gasteiger partial charge in [-0.1, -0.05) is 11.6 Å². The normalized spacial score (nSPS) is 12.5. The standard InChI is InChI=1S/C17H18ClIN2O4S/c1-3-25-16-9-8-14(10-15(16)18)26(23,24)21-11(2)17(22)20-13-6-4-12(19)5-7-13/h4-11,21H,3H2,1-2H3,(H,20,22)/t11-/m1/s1. The number of hydrogen-bond acceptors (Lipinski definition) is 4. The third-order valence-corrected chi connectivity index (χ3v) is 5.90. The maximum absolute atomic E-state index is 12.5. The summed E-state index contributed by atoms with van der Waals surface area (Å²) in [5, 5.41) is 2.85. The fourth-order valence-electron chi connectivity index (χ4n) is 2.06. The van der Waals surface area contributed by atoms with Crippen LogP contribution in [0.1, 0.15) is 13.8 Å². The number of nitrogens with one attached hydrogen (secondary N) is 2. The molecule has 0 saturated heterocycles. The minimum atomic E-state index is -3.91. The van der Waals surface area contributed by atoms with E-state index in [0.29, 0.717) is 18.0 Å². The lowest BCUT2D eigenvalue weighted by Gasteiger charge is -2.15. The zero-order chi connectivity index (χ0) is 19.3. The van der Waals surface area contributed by atoms with Gasteiger partial charge in [0.2, 0.25) is 15.9 Å². The summed E-state index contributed by atoms with van der Waals surface area (Å²) in [7, 11) is -3.91. The molecular formula is C17H18ClIN2O4S. The van der Waals surface area contributed by atoms with Crippen LogP contribution < -0.4 is 14.8 Å². The molecule has 2 N–H and O–H groups in total. The molecule has 0 radical (unpaired) electrons. The molecule has 0 unspecified atom stereocenters. The van der Waals surface area contributed by atoms with Gasteiger partial charge in [0, 0.05) is 9.26 Å². The van der Waals surface area contributed by atoms with Crippen LogP contribution in [-0.2, 0) is 14.8 Å². The molecule has 0 aliphatic rings. The second-order valence-electron chi connectivity index (χ2n) is 5.36. The molecule has 1 atom stereocenters. The van der Waals surface area contributed by atoms with Gasteiger partial charge in [0.05, 0.1) is 22.6 Å². The zero-order valence-corrected chi connectivity index (χ0v) is 17.9.